The Balaban J connectivity index is 3.34. The Hall–Kier alpha value is -1.09. The molecule has 1 heterocycles. The number of pyridine rings is 1. The lowest BCUT2D eigenvalue weighted by atomic mass is 10.1. The zero-order chi connectivity index (χ0) is 10.7. The van der Waals surface area contributed by atoms with Gasteiger partial charge in [0.1, 0.15) is 6.07 Å². The van der Waals surface area contributed by atoms with Gasteiger partial charge in [0.2, 0.25) is 5.95 Å². The van der Waals surface area contributed by atoms with E-state index < -0.39 is 23.6 Å². The van der Waals surface area contributed by atoms with Gasteiger partial charge in [0.15, 0.2) is 5.69 Å². The highest BCUT2D eigenvalue weighted by Gasteiger charge is 2.17. The Morgan fingerprint density at radius 3 is 2.64 bits per heavy atom. The van der Waals surface area contributed by atoms with Crippen molar-refractivity contribution in [3.05, 3.63) is 28.8 Å². The molecule has 0 radical (unpaired) electrons. The van der Waals surface area contributed by atoms with Crippen LogP contribution in [0.5, 0.6) is 0 Å². The lowest BCUT2D eigenvalue weighted by Gasteiger charge is -2.04. The molecule has 14 heavy (non-hydrogen) atoms. The van der Waals surface area contributed by atoms with Gasteiger partial charge in [-0.2, -0.15) is 9.65 Å². The molecule has 0 amide bonds. The highest BCUT2D eigenvalue weighted by Crippen LogP contribution is 2.24. The Morgan fingerprint density at radius 1 is 1.57 bits per heavy atom. The Labute approximate surface area is 86.5 Å². The molecule has 0 aliphatic rings. The molecule has 1 aromatic heterocycles. The zero-order valence-electron chi connectivity index (χ0n) is 6.77. The van der Waals surface area contributed by atoms with Crippen molar-refractivity contribution in [2.45, 2.75) is 11.8 Å². The quantitative estimate of drug-likeness (QED) is 0.609. The van der Waals surface area contributed by atoms with E-state index in [4.69, 9.17) is 5.26 Å². The summed E-state index contributed by atoms with van der Waals surface area (Å²) in [7, 11) is 0. The fourth-order valence-corrected chi connectivity index (χ4v) is 1.29. The van der Waals surface area contributed by atoms with E-state index in [1.165, 1.54) is 6.07 Å². The molecule has 74 valence electrons. The van der Waals surface area contributed by atoms with E-state index in [2.05, 4.69) is 20.9 Å². The minimum Gasteiger partial charge on any atom is -0.208 e. The molecule has 0 unspecified atom stereocenters. The molecule has 0 aliphatic carbocycles. The average molecular weight is 265 g/mol. The molecular weight excluding hydrogens is 261 g/mol. The minimum atomic E-state index is -2.82. The topological polar surface area (TPSA) is 36.7 Å². The zero-order valence-corrected chi connectivity index (χ0v) is 8.35. The van der Waals surface area contributed by atoms with E-state index in [1.807, 2.05) is 0 Å². The SMILES string of the molecule is N#Cc1nc(F)c(CBr)cc1C(F)F. The smallest absolute Gasteiger partial charge is 0.208 e. The molecule has 0 aliphatic heterocycles. The predicted molar refractivity (Wildman–Crippen MR) is 46.5 cm³/mol. The first-order chi connectivity index (χ1) is 6.60. The van der Waals surface area contributed by atoms with Crippen molar-refractivity contribution in [1.29, 1.82) is 5.26 Å². The van der Waals surface area contributed by atoms with Crippen molar-refractivity contribution in [3.8, 4) is 6.07 Å². The van der Waals surface area contributed by atoms with Crippen LogP contribution in [0.3, 0.4) is 0 Å². The molecule has 1 rings (SSSR count). The molecule has 0 saturated heterocycles. The van der Waals surface area contributed by atoms with Crippen LogP contribution in [0.25, 0.3) is 0 Å². The van der Waals surface area contributed by atoms with Crippen molar-refractivity contribution in [2.75, 3.05) is 0 Å². The summed E-state index contributed by atoms with van der Waals surface area (Å²) in [6, 6.07) is 2.37. The van der Waals surface area contributed by atoms with Crippen molar-refractivity contribution < 1.29 is 13.2 Å². The van der Waals surface area contributed by atoms with Crippen LogP contribution >= 0.6 is 15.9 Å². The maximum atomic E-state index is 12.9. The van der Waals surface area contributed by atoms with E-state index in [0.717, 1.165) is 6.07 Å². The van der Waals surface area contributed by atoms with Gasteiger partial charge in [-0.05, 0) is 6.07 Å². The molecule has 0 spiro atoms. The Bertz CT molecular complexity index is 387. The normalized spacial score (nSPS) is 10.3. The van der Waals surface area contributed by atoms with Crippen molar-refractivity contribution in [1.82, 2.24) is 4.98 Å². The van der Waals surface area contributed by atoms with Gasteiger partial charge < -0.3 is 0 Å². The fourth-order valence-electron chi connectivity index (χ4n) is 0.900. The van der Waals surface area contributed by atoms with Crippen LogP contribution in [0, 0.1) is 17.3 Å². The summed E-state index contributed by atoms with van der Waals surface area (Å²) in [5.74, 6) is -0.900. The number of nitriles is 1. The third kappa shape index (κ3) is 2.04. The first-order valence-electron chi connectivity index (χ1n) is 3.53. The van der Waals surface area contributed by atoms with Crippen molar-refractivity contribution >= 4 is 15.9 Å². The van der Waals surface area contributed by atoms with E-state index in [-0.39, 0.29) is 10.9 Å². The van der Waals surface area contributed by atoms with E-state index in [0.29, 0.717) is 0 Å². The van der Waals surface area contributed by atoms with Gasteiger partial charge in [0.05, 0.1) is 5.56 Å². The first-order valence-corrected chi connectivity index (χ1v) is 4.65. The molecule has 0 N–H and O–H groups in total. The lowest BCUT2D eigenvalue weighted by Crippen LogP contribution is -2.01. The van der Waals surface area contributed by atoms with Crippen LogP contribution < -0.4 is 0 Å². The van der Waals surface area contributed by atoms with Crippen LogP contribution in [-0.2, 0) is 5.33 Å². The summed E-state index contributed by atoms with van der Waals surface area (Å²) in [6.45, 7) is 0. The maximum Gasteiger partial charge on any atom is 0.266 e. The second-order valence-corrected chi connectivity index (χ2v) is 2.98. The number of nitrogens with zero attached hydrogens (tertiary/aromatic N) is 2. The summed E-state index contributed by atoms with van der Waals surface area (Å²) in [5, 5.41) is 8.51. The molecule has 0 fully saturated rings. The molecule has 0 bridgehead atoms. The first kappa shape index (κ1) is 11.0. The van der Waals surface area contributed by atoms with Crippen LogP contribution in [0.2, 0.25) is 0 Å². The van der Waals surface area contributed by atoms with Crippen LogP contribution in [0.4, 0.5) is 13.2 Å². The Morgan fingerprint density at radius 2 is 2.21 bits per heavy atom. The van der Waals surface area contributed by atoms with Crippen molar-refractivity contribution in [2.24, 2.45) is 0 Å². The van der Waals surface area contributed by atoms with E-state index in [1.54, 1.807) is 0 Å². The standard InChI is InChI=1S/C8H4BrF3N2/c9-2-4-1-5(7(10)11)6(3-13)14-8(4)12/h1,7H,2H2. The molecule has 6 heteroatoms. The summed E-state index contributed by atoms with van der Waals surface area (Å²) >= 11 is 2.93. The second kappa shape index (κ2) is 4.42. The number of hydrogen-bond acceptors (Lipinski definition) is 2. The largest absolute Gasteiger partial charge is 0.266 e. The van der Waals surface area contributed by atoms with Gasteiger partial charge >= 0.3 is 0 Å². The van der Waals surface area contributed by atoms with Gasteiger partial charge in [0.25, 0.3) is 6.43 Å². The third-order valence-corrected chi connectivity index (χ3v) is 2.17. The van der Waals surface area contributed by atoms with Crippen molar-refractivity contribution in [3.63, 3.8) is 0 Å². The second-order valence-electron chi connectivity index (χ2n) is 2.42. The number of rotatable bonds is 2. The van der Waals surface area contributed by atoms with Gasteiger partial charge in [-0.1, -0.05) is 15.9 Å². The maximum absolute atomic E-state index is 12.9. The van der Waals surface area contributed by atoms with Gasteiger partial charge in [-0.25, -0.2) is 13.8 Å². The van der Waals surface area contributed by atoms with Gasteiger partial charge in [-0.15, -0.1) is 0 Å². The predicted octanol–water partition coefficient (Wildman–Crippen LogP) is 2.92. The summed E-state index contributed by atoms with van der Waals surface area (Å²) < 4.78 is 37.6. The van der Waals surface area contributed by atoms with E-state index in [9.17, 15) is 13.2 Å². The third-order valence-electron chi connectivity index (χ3n) is 1.56. The number of aromatic nitrogens is 1. The molecule has 0 aromatic carbocycles. The summed E-state index contributed by atoms with van der Waals surface area (Å²) in [5.41, 5.74) is -1.09. The van der Waals surface area contributed by atoms with Gasteiger partial charge in [0, 0.05) is 10.9 Å². The van der Waals surface area contributed by atoms with Crippen LogP contribution in [0.1, 0.15) is 23.2 Å². The number of hydrogen-bond donors (Lipinski definition) is 0. The average Bonchev–Trinajstić information content (AvgIpc) is 2.16. The minimum absolute atomic E-state index is 0.0132. The van der Waals surface area contributed by atoms with Gasteiger partial charge in [-0.3, -0.25) is 0 Å². The highest BCUT2D eigenvalue weighted by atomic mass is 79.9. The van der Waals surface area contributed by atoms with E-state index >= 15 is 0 Å². The fraction of sp³-hybridized carbons (Fsp3) is 0.250. The lowest BCUT2D eigenvalue weighted by molar-refractivity contribution is 0.150. The van der Waals surface area contributed by atoms with Crippen LogP contribution in [-0.4, -0.2) is 4.98 Å². The molecule has 0 saturated carbocycles. The molecule has 0 atom stereocenters. The number of halogens is 4. The monoisotopic (exact) mass is 264 g/mol. The highest BCUT2D eigenvalue weighted by molar-refractivity contribution is 9.08. The van der Waals surface area contributed by atoms with Crippen LogP contribution in [0.15, 0.2) is 6.07 Å². The summed E-state index contributed by atoms with van der Waals surface area (Å²) in [4.78, 5) is 3.15. The number of alkyl halides is 3. The molecule has 1 aromatic rings. The molecule has 2 nitrogen and oxygen atoms in total. The summed E-state index contributed by atoms with van der Waals surface area (Å²) in [6.07, 6.45) is -2.82. The Kier molecular flexibility index (Phi) is 3.47. The molecular formula is C8H4BrF3N2.